The molecule has 0 aromatic rings. The Bertz CT molecular complexity index is 257. The molecule has 5 nitrogen and oxygen atoms in total. The van der Waals surface area contributed by atoms with Gasteiger partial charge in [-0.2, -0.15) is 0 Å². The van der Waals surface area contributed by atoms with Gasteiger partial charge in [0, 0.05) is 12.2 Å². The van der Waals surface area contributed by atoms with E-state index < -0.39 is 24.5 Å². The molecular formula is C14H20O5. The third-order valence-electron chi connectivity index (χ3n) is 0.880. The molecule has 0 aliphatic rings. The quantitative estimate of drug-likeness (QED) is 0.442. The molecule has 106 valence electrons. The molecule has 0 aliphatic carbocycles. The summed E-state index contributed by atoms with van der Waals surface area (Å²) in [6.45, 7) is 23.6. The molecule has 6 radical (unpaired) electrons. The minimum absolute atomic E-state index is 0.621. The lowest BCUT2D eigenvalue weighted by molar-refractivity contribution is -0.163. The van der Waals surface area contributed by atoms with E-state index in [0.29, 0.717) is 0 Å². The van der Waals surface area contributed by atoms with E-state index in [1.807, 2.05) is 0 Å². The van der Waals surface area contributed by atoms with Gasteiger partial charge in [0.05, 0.1) is 0 Å². The molecule has 0 amide bonds. The van der Waals surface area contributed by atoms with Crippen LogP contribution in [0.1, 0.15) is 0 Å². The third-order valence-corrected chi connectivity index (χ3v) is 0.880. The highest BCUT2D eigenvalue weighted by atomic mass is 16.6. The fourth-order valence-corrected chi connectivity index (χ4v) is 0.372. The van der Waals surface area contributed by atoms with Crippen molar-refractivity contribution in [2.45, 2.75) is 0 Å². The Morgan fingerprint density at radius 1 is 0.789 bits per heavy atom. The van der Waals surface area contributed by atoms with Gasteiger partial charge in [-0.3, -0.25) is 0 Å². The summed E-state index contributed by atoms with van der Waals surface area (Å²) >= 11 is 0. The zero-order chi connectivity index (χ0) is 16.3. The van der Waals surface area contributed by atoms with Crippen molar-refractivity contribution in [3.63, 3.8) is 0 Å². The lowest BCUT2D eigenvalue weighted by Gasteiger charge is -1.99. The second-order valence-electron chi connectivity index (χ2n) is 1.81. The zero-order valence-electron chi connectivity index (χ0n) is 11.1. The summed E-state index contributed by atoms with van der Waals surface area (Å²) in [7, 11) is 0. The van der Waals surface area contributed by atoms with Gasteiger partial charge in [-0.1, -0.05) is 54.7 Å². The average Bonchev–Trinajstić information content (AvgIpc) is 2.50. The molecule has 0 atom stereocenters. The Labute approximate surface area is 116 Å². The van der Waals surface area contributed by atoms with E-state index in [4.69, 9.17) is 0 Å². The van der Waals surface area contributed by atoms with E-state index in [0.717, 1.165) is 12.2 Å². The average molecular weight is 268 g/mol. The predicted molar refractivity (Wildman–Crippen MR) is 74.6 cm³/mol. The molecule has 0 saturated carbocycles. The molecule has 0 spiro atoms. The number of esters is 3. The lowest BCUT2D eigenvalue weighted by Crippen LogP contribution is -2.17. The minimum atomic E-state index is -0.958. The van der Waals surface area contributed by atoms with Crippen LogP contribution in [-0.4, -0.2) is 24.5 Å². The van der Waals surface area contributed by atoms with Gasteiger partial charge in [0.15, 0.2) is 6.61 Å². The zero-order valence-corrected chi connectivity index (χ0v) is 11.1. The summed E-state index contributed by atoms with van der Waals surface area (Å²) in [5.41, 5.74) is 0. The van der Waals surface area contributed by atoms with Crippen LogP contribution < -0.4 is 0 Å². The number of rotatable bonds is 4. The van der Waals surface area contributed by atoms with E-state index in [-0.39, 0.29) is 0 Å². The van der Waals surface area contributed by atoms with E-state index in [1.165, 1.54) is 0 Å². The second kappa shape index (κ2) is 25.1. The highest BCUT2D eigenvalue weighted by Gasteiger charge is 2.08. The lowest BCUT2D eigenvalue weighted by atomic mass is 10.6. The summed E-state index contributed by atoms with van der Waals surface area (Å²) in [6, 6.07) is 0. The minimum Gasteiger partial charge on any atom is -0.451 e. The van der Waals surface area contributed by atoms with Gasteiger partial charge in [0.1, 0.15) is 0 Å². The van der Waals surface area contributed by atoms with Gasteiger partial charge >= 0.3 is 17.9 Å². The maximum Gasteiger partial charge on any atom is 0.352 e. The maximum atomic E-state index is 10.6. The monoisotopic (exact) mass is 268 g/mol. The van der Waals surface area contributed by atoms with E-state index in [9.17, 15) is 14.4 Å². The summed E-state index contributed by atoms with van der Waals surface area (Å²) in [6.07, 6.45) is 1.72. The van der Waals surface area contributed by atoms with Crippen molar-refractivity contribution in [2.24, 2.45) is 0 Å². The first kappa shape index (κ1) is 25.8. The smallest absolute Gasteiger partial charge is 0.352 e. The molecule has 19 heavy (non-hydrogen) atoms. The normalized spacial score (nSPS) is 6.63. The Morgan fingerprint density at radius 3 is 1.47 bits per heavy atom. The van der Waals surface area contributed by atoms with Crippen molar-refractivity contribution < 1.29 is 23.9 Å². The van der Waals surface area contributed by atoms with Crippen LogP contribution >= 0.6 is 0 Å². The van der Waals surface area contributed by atoms with Crippen molar-refractivity contribution in [3.8, 4) is 0 Å². The number of ether oxygens (including phenoxy) is 2. The third kappa shape index (κ3) is 26.0. The summed E-state index contributed by atoms with van der Waals surface area (Å²) < 4.78 is 8.37. The number of carbonyl (C=O) groups excluding carboxylic acids is 3. The fourth-order valence-electron chi connectivity index (χ4n) is 0.372. The first-order valence-corrected chi connectivity index (χ1v) is 4.76. The molecular weight excluding hydrogens is 248 g/mol. The van der Waals surface area contributed by atoms with Crippen LogP contribution in [0.4, 0.5) is 0 Å². The number of hydrogen-bond donors (Lipinski definition) is 0. The molecule has 0 aromatic heterocycles. The van der Waals surface area contributed by atoms with Crippen molar-refractivity contribution in [3.05, 3.63) is 66.9 Å². The topological polar surface area (TPSA) is 69.7 Å². The Morgan fingerprint density at radius 2 is 1.16 bits per heavy atom. The van der Waals surface area contributed by atoms with E-state index in [2.05, 4.69) is 64.2 Å². The molecule has 0 bridgehead atoms. The van der Waals surface area contributed by atoms with Gasteiger partial charge in [0.25, 0.3) is 0 Å². The first-order valence-electron chi connectivity index (χ1n) is 4.76. The van der Waals surface area contributed by atoms with Crippen molar-refractivity contribution in [1.82, 2.24) is 0 Å². The molecule has 0 aromatic carbocycles. The number of hydrogen-bond acceptors (Lipinski definition) is 5. The summed E-state index contributed by atoms with van der Waals surface area (Å²) in [5.74, 6) is -2.61. The van der Waals surface area contributed by atoms with Crippen LogP contribution in [0.25, 0.3) is 0 Å². The van der Waals surface area contributed by atoms with Crippen molar-refractivity contribution in [2.75, 3.05) is 6.61 Å². The SMILES string of the molecule is C=CC(=O)OCC(=O)OC(=O)C=C.[CH2][CH2].[CH2][CH2].[CH2][CH2]. The Hall–Kier alpha value is -1.91. The standard InChI is InChI=1S/C8H8O5.3C2H4/c1-3-6(9)12-5-8(11)13-7(10)4-2;3*1-2/h3-4H,1-2,5H2;3*1-2H2. The number of carbonyl (C=O) groups is 3. The van der Waals surface area contributed by atoms with E-state index in [1.54, 1.807) is 0 Å². The van der Waals surface area contributed by atoms with Gasteiger partial charge in [0.2, 0.25) is 0 Å². The summed E-state index contributed by atoms with van der Waals surface area (Å²) in [4.78, 5) is 31.5. The largest absolute Gasteiger partial charge is 0.451 e. The fraction of sp³-hybridized carbons (Fsp3) is 0.0714. The van der Waals surface area contributed by atoms with Gasteiger partial charge in [-0.05, 0) is 0 Å². The van der Waals surface area contributed by atoms with Crippen LogP contribution in [0.15, 0.2) is 25.3 Å². The van der Waals surface area contributed by atoms with Crippen molar-refractivity contribution in [1.29, 1.82) is 0 Å². The molecule has 0 heterocycles. The van der Waals surface area contributed by atoms with Crippen LogP contribution in [0.3, 0.4) is 0 Å². The molecule has 0 saturated heterocycles. The molecule has 0 N–H and O–H groups in total. The van der Waals surface area contributed by atoms with Gasteiger partial charge in [-0.25, -0.2) is 14.4 Å². The Balaban J connectivity index is -0.000000163. The maximum absolute atomic E-state index is 10.6. The summed E-state index contributed by atoms with van der Waals surface area (Å²) in [5, 5.41) is 0. The van der Waals surface area contributed by atoms with Crippen LogP contribution in [0.5, 0.6) is 0 Å². The highest BCUT2D eigenvalue weighted by molar-refractivity contribution is 5.93. The van der Waals surface area contributed by atoms with Crippen LogP contribution in [0, 0.1) is 41.5 Å². The molecule has 0 aliphatic heterocycles. The second-order valence-corrected chi connectivity index (χ2v) is 1.81. The van der Waals surface area contributed by atoms with Crippen molar-refractivity contribution >= 4 is 17.9 Å². The van der Waals surface area contributed by atoms with Crippen LogP contribution in [0.2, 0.25) is 0 Å². The molecule has 0 unspecified atom stereocenters. The first-order chi connectivity index (χ1) is 9.10. The highest BCUT2D eigenvalue weighted by Crippen LogP contribution is 1.85. The van der Waals surface area contributed by atoms with Crippen LogP contribution in [-0.2, 0) is 23.9 Å². The molecule has 0 rings (SSSR count). The van der Waals surface area contributed by atoms with Gasteiger partial charge < -0.3 is 9.47 Å². The predicted octanol–water partition coefficient (Wildman–Crippen LogP) is 1.94. The van der Waals surface area contributed by atoms with Gasteiger partial charge in [-0.15, -0.1) is 0 Å². The molecule has 5 heteroatoms. The molecule has 0 fully saturated rings. The van der Waals surface area contributed by atoms with E-state index >= 15 is 0 Å². The Kier molecular flexibility index (Phi) is 34.1.